The fraction of sp³-hybridized carbons (Fsp3) is 0.304. The number of urea groups is 1. The molecule has 31 heavy (non-hydrogen) atoms. The topological polar surface area (TPSA) is 67.9 Å². The van der Waals surface area contributed by atoms with Crippen LogP contribution >= 0.6 is 11.6 Å². The van der Waals surface area contributed by atoms with Crippen molar-refractivity contribution in [3.63, 3.8) is 0 Å². The summed E-state index contributed by atoms with van der Waals surface area (Å²) in [5, 5.41) is 2.92. The fourth-order valence-electron chi connectivity index (χ4n) is 2.99. The molecule has 1 atom stereocenters. The zero-order valence-corrected chi connectivity index (χ0v) is 18.3. The predicted octanol–water partition coefficient (Wildman–Crippen LogP) is 5.15. The summed E-state index contributed by atoms with van der Waals surface area (Å²) in [6, 6.07) is 8.44. The third-order valence-electron chi connectivity index (χ3n) is 4.75. The molecule has 1 aliphatic heterocycles. The molecule has 3 amide bonds. The summed E-state index contributed by atoms with van der Waals surface area (Å²) in [7, 11) is 0. The molecular weight excluding hydrogens is 423 g/mol. The molecule has 0 bridgehead atoms. The molecule has 164 valence electrons. The first-order valence-corrected chi connectivity index (χ1v) is 10.4. The van der Waals surface area contributed by atoms with E-state index in [1.165, 1.54) is 30.3 Å². The van der Waals surface area contributed by atoms with Crippen molar-refractivity contribution in [3.8, 4) is 11.5 Å². The van der Waals surface area contributed by atoms with Gasteiger partial charge in [0.15, 0.2) is 11.5 Å². The number of carbonyl (C=O) groups excluding carboxylic acids is 2. The smallest absolute Gasteiger partial charge is 0.329 e. The minimum absolute atomic E-state index is 0.0366. The summed E-state index contributed by atoms with van der Waals surface area (Å²) in [4.78, 5) is 26.1. The summed E-state index contributed by atoms with van der Waals surface area (Å²) in [5.41, 5.74) is 1.33. The van der Waals surface area contributed by atoms with Crippen molar-refractivity contribution in [3.05, 3.63) is 64.1 Å². The summed E-state index contributed by atoms with van der Waals surface area (Å²) in [6.45, 7) is 6.23. The SMILES string of the molecule is CCOc1cc(/C=C2/NC(=O)N(Cc3ccc(F)cc3)C2=O)cc(Cl)c1O[C@H](C)CC. The fourth-order valence-corrected chi connectivity index (χ4v) is 3.25. The van der Waals surface area contributed by atoms with Gasteiger partial charge in [-0.3, -0.25) is 9.69 Å². The highest BCUT2D eigenvalue weighted by Crippen LogP contribution is 2.38. The van der Waals surface area contributed by atoms with Gasteiger partial charge in [0.1, 0.15) is 11.5 Å². The van der Waals surface area contributed by atoms with Crippen LogP contribution in [-0.2, 0) is 11.3 Å². The van der Waals surface area contributed by atoms with Crippen LogP contribution < -0.4 is 14.8 Å². The number of amides is 3. The van der Waals surface area contributed by atoms with Gasteiger partial charge >= 0.3 is 6.03 Å². The maximum Gasteiger partial charge on any atom is 0.329 e. The Kier molecular flexibility index (Phi) is 7.17. The van der Waals surface area contributed by atoms with Gasteiger partial charge in [-0.2, -0.15) is 0 Å². The number of halogens is 2. The van der Waals surface area contributed by atoms with E-state index in [0.717, 1.165) is 11.3 Å². The van der Waals surface area contributed by atoms with E-state index in [9.17, 15) is 14.0 Å². The van der Waals surface area contributed by atoms with E-state index in [4.69, 9.17) is 21.1 Å². The van der Waals surface area contributed by atoms with Gasteiger partial charge in [0.25, 0.3) is 5.91 Å². The van der Waals surface area contributed by atoms with Gasteiger partial charge in [0, 0.05) is 0 Å². The van der Waals surface area contributed by atoms with Crippen LogP contribution in [0, 0.1) is 5.82 Å². The first-order chi connectivity index (χ1) is 14.8. The Hall–Kier alpha value is -3.06. The highest BCUT2D eigenvalue weighted by Gasteiger charge is 2.33. The van der Waals surface area contributed by atoms with Gasteiger partial charge in [-0.25, -0.2) is 9.18 Å². The Labute approximate surface area is 185 Å². The van der Waals surface area contributed by atoms with Crippen LogP contribution in [0.5, 0.6) is 11.5 Å². The van der Waals surface area contributed by atoms with Gasteiger partial charge in [-0.15, -0.1) is 0 Å². The Morgan fingerprint density at radius 1 is 1.19 bits per heavy atom. The van der Waals surface area contributed by atoms with Crippen LogP contribution in [0.25, 0.3) is 6.08 Å². The maximum atomic E-state index is 13.1. The van der Waals surface area contributed by atoms with Crippen LogP contribution in [-0.4, -0.2) is 29.5 Å². The largest absolute Gasteiger partial charge is 0.490 e. The van der Waals surface area contributed by atoms with E-state index in [1.54, 1.807) is 12.1 Å². The van der Waals surface area contributed by atoms with Gasteiger partial charge in [-0.1, -0.05) is 30.7 Å². The van der Waals surface area contributed by atoms with E-state index in [-0.39, 0.29) is 24.2 Å². The maximum absolute atomic E-state index is 13.1. The van der Waals surface area contributed by atoms with E-state index in [1.807, 2.05) is 20.8 Å². The predicted molar refractivity (Wildman–Crippen MR) is 116 cm³/mol. The van der Waals surface area contributed by atoms with Gasteiger partial charge in [0.2, 0.25) is 0 Å². The molecule has 0 unspecified atom stereocenters. The van der Waals surface area contributed by atoms with Gasteiger partial charge in [0.05, 0.1) is 24.3 Å². The molecule has 1 N–H and O–H groups in total. The van der Waals surface area contributed by atoms with Crippen LogP contribution in [0.1, 0.15) is 38.3 Å². The van der Waals surface area contributed by atoms with Gasteiger partial charge < -0.3 is 14.8 Å². The van der Waals surface area contributed by atoms with E-state index in [2.05, 4.69) is 5.32 Å². The molecule has 0 spiro atoms. The van der Waals surface area contributed by atoms with Crippen LogP contribution in [0.2, 0.25) is 5.02 Å². The number of ether oxygens (including phenoxy) is 2. The molecule has 0 saturated carbocycles. The lowest BCUT2D eigenvalue weighted by molar-refractivity contribution is -0.123. The number of hydrogen-bond donors (Lipinski definition) is 1. The van der Waals surface area contributed by atoms with E-state index < -0.39 is 11.9 Å². The average molecular weight is 447 g/mol. The lowest BCUT2D eigenvalue weighted by Gasteiger charge is -2.18. The summed E-state index contributed by atoms with van der Waals surface area (Å²) in [5.74, 6) is 0.0365. The molecule has 0 radical (unpaired) electrons. The van der Waals surface area contributed by atoms with Crippen molar-refractivity contribution in [2.45, 2.75) is 39.8 Å². The summed E-state index contributed by atoms with van der Waals surface area (Å²) < 4.78 is 24.7. The number of nitrogens with one attached hydrogen (secondary N) is 1. The second kappa shape index (κ2) is 9.83. The molecule has 2 aromatic rings. The first-order valence-electron chi connectivity index (χ1n) is 10.0. The van der Waals surface area contributed by atoms with Crippen LogP contribution in [0.15, 0.2) is 42.1 Å². The van der Waals surface area contributed by atoms with Crippen molar-refractivity contribution in [2.75, 3.05) is 6.61 Å². The molecule has 0 aromatic heterocycles. The lowest BCUT2D eigenvalue weighted by atomic mass is 10.1. The highest BCUT2D eigenvalue weighted by molar-refractivity contribution is 6.32. The van der Waals surface area contributed by atoms with Crippen molar-refractivity contribution in [1.29, 1.82) is 0 Å². The monoisotopic (exact) mass is 446 g/mol. The molecule has 8 heteroatoms. The molecule has 2 aromatic carbocycles. The first kappa shape index (κ1) is 22.6. The van der Waals surface area contributed by atoms with Crippen molar-refractivity contribution >= 4 is 29.6 Å². The lowest BCUT2D eigenvalue weighted by Crippen LogP contribution is -2.30. The number of benzene rings is 2. The molecule has 1 fully saturated rings. The zero-order chi connectivity index (χ0) is 22.5. The Bertz CT molecular complexity index is 1010. The van der Waals surface area contributed by atoms with Crippen molar-refractivity contribution in [2.24, 2.45) is 0 Å². The van der Waals surface area contributed by atoms with E-state index in [0.29, 0.717) is 34.3 Å². The number of rotatable bonds is 8. The third kappa shape index (κ3) is 5.35. The molecular formula is C23H24ClFN2O4. The van der Waals surface area contributed by atoms with Crippen LogP contribution in [0.3, 0.4) is 0 Å². The highest BCUT2D eigenvalue weighted by atomic mass is 35.5. The zero-order valence-electron chi connectivity index (χ0n) is 17.6. The van der Waals surface area contributed by atoms with Crippen LogP contribution in [0.4, 0.5) is 9.18 Å². The number of carbonyl (C=O) groups is 2. The molecule has 1 aliphatic rings. The number of imide groups is 1. The Balaban J connectivity index is 1.86. The molecule has 3 rings (SSSR count). The van der Waals surface area contributed by atoms with E-state index >= 15 is 0 Å². The average Bonchev–Trinajstić information content (AvgIpc) is 2.99. The van der Waals surface area contributed by atoms with Gasteiger partial charge in [-0.05, 0) is 61.7 Å². The minimum atomic E-state index is -0.548. The van der Waals surface area contributed by atoms with Crippen molar-refractivity contribution in [1.82, 2.24) is 10.2 Å². The summed E-state index contributed by atoms with van der Waals surface area (Å²) in [6.07, 6.45) is 2.29. The molecule has 0 aliphatic carbocycles. The minimum Gasteiger partial charge on any atom is -0.490 e. The normalized spacial score (nSPS) is 15.9. The summed E-state index contributed by atoms with van der Waals surface area (Å²) >= 11 is 6.42. The molecule has 1 heterocycles. The molecule has 1 saturated heterocycles. The van der Waals surface area contributed by atoms with Crippen molar-refractivity contribution < 1.29 is 23.5 Å². The quantitative estimate of drug-likeness (QED) is 0.450. The second-order valence-electron chi connectivity index (χ2n) is 7.11. The third-order valence-corrected chi connectivity index (χ3v) is 5.03. The number of hydrogen-bond acceptors (Lipinski definition) is 4. The Morgan fingerprint density at radius 3 is 2.55 bits per heavy atom. The standard InChI is InChI=1S/C23H24ClFN2O4/c1-4-14(3)31-21-18(24)10-16(12-20(21)30-5-2)11-19-22(28)27(23(29)26-19)13-15-6-8-17(25)9-7-15/h6-12,14H,4-5,13H2,1-3H3,(H,26,29)/b19-11+/t14-/m1/s1. The number of nitrogens with zero attached hydrogens (tertiary/aromatic N) is 1. The Morgan fingerprint density at radius 2 is 1.90 bits per heavy atom. The molecule has 6 nitrogen and oxygen atoms in total. The second-order valence-corrected chi connectivity index (χ2v) is 7.51.